The van der Waals surface area contributed by atoms with Crippen LogP contribution < -0.4 is 5.32 Å². The lowest BCUT2D eigenvalue weighted by atomic mass is 10.0. The first-order chi connectivity index (χ1) is 5.85. The molecule has 0 aromatic carbocycles. The first-order valence-electron chi connectivity index (χ1n) is 4.52. The normalized spacial score (nSPS) is 19.4. The van der Waals surface area contributed by atoms with Crippen LogP contribution in [0.15, 0.2) is 22.8 Å². The zero-order valence-electron chi connectivity index (χ0n) is 7.47. The summed E-state index contributed by atoms with van der Waals surface area (Å²) >= 11 is 0. The lowest BCUT2D eigenvalue weighted by Gasteiger charge is -2.11. The van der Waals surface area contributed by atoms with Crippen LogP contribution in [0.2, 0.25) is 0 Å². The molecule has 0 saturated heterocycles. The predicted molar refractivity (Wildman–Crippen MR) is 48.0 cm³/mol. The van der Waals surface area contributed by atoms with Crippen molar-refractivity contribution in [3.05, 3.63) is 24.2 Å². The fourth-order valence-electron chi connectivity index (χ4n) is 1.75. The highest BCUT2D eigenvalue weighted by Crippen LogP contribution is 2.47. The van der Waals surface area contributed by atoms with Crippen molar-refractivity contribution in [2.24, 2.45) is 5.41 Å². The van der Waals surface area contributed by atoms with Gasteiger partial charge in [0.15, 0.2) is 0 Å². The van der Waals surface area contributed by atoms with Gasteiger partial charge in [0.2, 0.25) is 0 Å². The molecular weight excluding hydrogens is 150 g/mol. The second-order valence-corrected chi connectivity index (χ2v) is 3.79. The molecule has 0 bridgehead atoms. The molecule has 2 rings (SSSR count). The minimum Gasteiger partial charge on any atom is -0.469 e. The van der Waals surface area contributed by atoms with E-state index in [0.717, 1.165) is 18.7 Å². The Kier molecular flexibility index (Phi) is 1.93. The molecule has 1 aliphatic carbocycles. The molecule has 0 unspecified atom stereocenters. The summed E-state index contributed by atoms with van der Waals surface area (Å²) in [5.74, 6) is 1.13. The summed E-state index contributed by atoms with van der Waals surface area (Å²) in [5, 5.41) is 3.24. The molecule has 2 heteroatoms. The van der Waals surface area contributed by atoms with Crippen LogP contribution in [0.4, 0.5) is 0 Å². The topological polar surface area (TPSA) is 25.2 Å². The molecule has 0 aliphatic heterocycles. The molecule has 12 heavy (non-hydrogen) atoms. The van der Waals surface area contributed by atoms with E-state index in [1.165, 1.54) is 12.8 Å². The molecule has 2 nitrogen and oxygen atoms in total. The summed E-state index contributed by atoms with van der Waals surface area (Å²) in [6, 6.07) is 4.03. The lowest BCUT2D eigenvalue weighted by Crippen LogP contribution is -2.21. The van der Waals surface area contributed by atoms with E-state index < -0.39 is 0 Å². The van der Waals surface area contributed by atoms with E-state index in [1.807, 2.05) is 13.1 Å². The fourth-order valence-corrected chi connectivity index (χ4v) is 1.75. The van der Waals surface area contributed by atoms with Gasteiger partial charge in [-0.3, -0.25) is 0 Å². The molecule has 66 valence electrons. The molecule has 0 amide bonds. The zero-order chi connectivity index (χ0) is 8.44. The lowest BCUT2D eigenvalue weighted by molar-refractivity contribution is 0.412. The molecule has 1 saturated carbocycles. The molecule has 1 aliphatic rings. The average Bonchev–Trinajstić information content (AvgIpc) is 2.63. The summed E-state index contributed by atoms with van der Waals surface area (Å²) in [7, 11) is 2.02. The van der Waals surface area contributed by atoms with Gasteiger partial charge in [-0.15, -0.1) is 0 Å². The minimum atomic E-state index is 0.520. The van der Waals surface area contributed by atoms with Crippen molar-refractivity contribution < 1.29 is 4.42 Å². The van der Waals surface area contributed by atoms with E-state index in [1.54, 1.807) is 6.26 Å². The molecule has 1 N–H and O–H groups in total. The van der Waals surface area contributed by atoms with E-state index >= 15 is 0 Å². The van der Waals surface area contributed by atoms with E-state index in [-0.39, 0.29) is 0 Å². The Morgan fingerprint density at radius 3 is 2.92 bits per heavy atom. The Bertz CT molecular complexity index is 236. The maximum atomic E-state index is 5.33. The van der Waals surface area contributed by atoms with Gasteiger partial charge >= 0.3 is 0 Å². The van der Waals surface area contributed by atoms with Crippen LogP contribution in [0.25, 0.3) is 0 Å². The number of hydrogen-bond acceptors (Lipinski definition) is 2. The third kappa shape index (κ3) is 1.53. The SMILES string of the molecule is CNCC1(Cc2ccco2)CC1. The number of rotatable bonds is 4. The van der Waals surface area contributed by atoms with Crippen molar-refractivity contribution in [3.63, 3.8) is 0 Å². The van der Waals surface area contributed by atoms with Crippen molar-refractivity contribution in [1.82, 2.24) is 5.32 Å². The van der Waals surface area contributed by atoms with Crippen molar-refractivity contribution in [1.29, 1.82) is 0 Å². The fraction of sp³-hybridized carbons (Fsp3) is 0.600. The maximum absolute atomic E-state index is 5.33. The van der Waals surface area contributed by atoms with Crippen molar-refractivity contribution >= 4 is 0 Å². The molecule has 0 spiro atoms. The standard InChI is InChI=1S/C10H15NO/c1-11-8-10(4-5-10)7-9-3-2-6-12-9/h2-3,6,11H,4-5,7-8H2,1H3. The van der Waals surface area contributed by atoms with Crippen molar-refractivity contribution in [2.75, 3.05) is 13.6 Å². The van der Waals surface area contributed by atoms with Gasteiger partial charge in [-0.1, -0.05) is 0 Å². The van der Waals surface area contributed by atoms with Gasteiger partial charge in [-0.05, 0) is 37.4 Å². The third-order valence-corrected chi connectivity index (χ3v) is 2.64. The van der Waals surface area contributed by atoms with E-state index in [9.17, 15) is 0 Å². The molecule has 1 fully saturated rings. The Labute approximate surface area is 73.0 Å². The van der Waals surface area contributed by atoms with Crippen LogP contribution in [0.1, 0.15) is 18.6 Å². The van der Waals surface area contributed by atoms with Gasteiger partial charge in [-0.25, -0.2) is 0 Å². The van der Waals surface area contributed by atoms with Crippen LogP contribution >= 0.6 is 0 Å². The van der Waals surface area contributed by atoms with Crippen LogP contribution in [0.5, 0.6) is 0 Å². The molecule has 1 heterocycles. The van der Waals surface area contributed by atoms with Gasteiger partial charge in [0.1, 0.15) is 5.76 Å². The van der Waals surface area contributed by atoms with Crippen LogP contribution in [0, 0.1) is 5.41 Å². The Balaban J connectivity index is 1.94. The quantitative estimate of drug-likeness (QED) is 0.736. The summed E-state index contributed by atoms with van der Waals surface area (Å²) in [4.78, 5) is 0. The molecular formula is C10H15NO. The van der Waals surface area contributed by atoms with Crippen molar-refractivity contribution in [3.8, 4) is 0 Å². The number of hydrogen-bond donors (Lipinski definition) is 1. The van der Waals surface area contributed by atoms with Gasteiger partial charge in [-0.2, -0.15) is 0 Å². The monoisotopic (exact) mass is 165 g/mol. The molecule has 1 aromatic heterocycles. The van der Waals surface area contributed by atoms with Crippen LogP contribution in [-0.4, -0.2) is 13.6 Å². The maximum Gasteiger partial charge on any atom is 0.104 e. The summed E-state index contributed by atoms with van der Waals surface area (Å²) in [6.07, 6.45) is 5.54. The first-order valence-corrected chi connectivity index (χ1v) is 4.52. The average molecular weight is 165 g/mol. The molecule has 0 radical (unpaired) electrons. The molecule has 1 aromatic rings. The summed E-state index contributed by atoms with van der Waals surface area (Å²) in [6.45, 7) is 1.12. The second-order valence-electron chi connectivity index (χ2n) is 3.79. The smallest absolute Gasteiger partial charge is 0.104 e. The summed E-state index contributed by atoms with van der Waals surface area (Å²) < 4.78 is 5.33. The van der Waals surface area contributed by atoms with Crippen molar-refractivity contribution in [2.45, 2.75) is 19.3 Å². The minimum absolute atomic E-state index is 0.520. The Morgan fingerprint density at radius 1 is 1.58 bits per heavy atom. The highest BCUT2D eigenvalue weighted by molar-refractivity contribution is 5.07. The van der Waals surface area contributed by atoms with Gasteiger partial charge < -0.3 is 9.73 Å². The third-order valence-electron chi connectivity index (χ3n) is 2.64. The predicted octanol–water partition coefficient (Wildman–Crippen LogP) is 1.82. The van der Waals surface area contributed by atoms with Gasteiger partial charge in [0.25, 0.3) is 0 Å². The Morgan fingerprint density at radius 2 is 2.42 bits per heavy atom. The van der Waals surface area contributed by atoms with Gasteiger partial charge in [0.05, 0.1) is 6.26 Å². The Hall–Kier alpha value is -0.760. The van der Waals surface area contributed by atoms with E-state index in [4.69, 9.17) is 4.42 Å². The highest BCUT2D eigenvalue weighted by Gasteiger charge is 2.42. The van der Waals surface area contributed by atoms with Crippen LogP contribution in [-0.2, 0) is 6.42 Å². The largest absolute Gasteiger partial charge is 0.469 e. The first kappa shape index (κ1) is 7.87. The number of furan rings is 1. The highest BCUT2D eigenvalue weighted by atomic mass is 16.3. The molecule has 0 atom stereocenters. The van der Waals surface area contributed by atoms with Gasteiger partial charge in [0, 0.05) is 13.0 Å². The van der Waals surface area contributed by atoms with E-state index in [2.05, 4.69) is 11.4 Å². The van der Waals surface area contributed by atoms with Crippen LogP contribution in [0.3, 0.4) is 0 Å². The van der Waals surface area contributed by atoms with E-state index in [0.29, 0.717) is 5.41 Å². The number of nitrogens with one attached hydrogen (secondary N) is 1. The summed E-state index contributed by atoms with van der Waals surface area (Å²) in [5.41, 5.74) is 0.520. The zero-order valence-corrected chi connectivity index (χ0v) is 7.47. The second kappa shape index (κ2) is 2.94.